The summed E-state index contributed by atoms with van der Waals surface area (Å²) in [5.74, 6) is 2.61. The fourth-order valence-electron chi connectivity index (χ4n) is 1.76. The van der Waals surface area contributed by atoms with Gasteiger partial charge in [-0.1, -0.05) is 26.0 Å². The van der Waals surface area contributed by atoms with Gasteiger partial charge in [-0.2, -0.15) is 5.10 Å². The SMILES string of the molecule is CC(C)c1nc(N/N=C/c2ccccc2O)cc(N(C)C)n1. The molecule has 0 aliphatic rings. The van der Waals surface area contributed by atoms with Crippen molar-refractivity contribution in [2.45, 2.75) is 19.8 Å². The molecule has 6 nitrogen and oxygen atoms in total. The molecule has 2 rings (SSSR count). The normalized spacial score (nSPS) is 11.1. The molecule has 0 saturated carbocycles. The lowest BCUT2D eigenvalue weighted by molar-refractivity contribution is 0.474. The van der Waals surface area contributed by atoms with Crippen molar-refractivity contribution in [3.8, 4) is 5.75 Å². The molecular weight excluding hydrogens is 278 g/mol. The fourth-order valence-corrected chi connectivity index (χ4v) is 1.76. The lowest BCUT2D eigenvalue weighted by Gasteiger charge is -2.15. The third-order valence-electron chi connectivity index (χ3n) is 3.02. The van der Waals surface area contributed by atoms with Gasteiger partial charge in [0.1, 0.15) is 17.4 Å². The average Bonchev–Trinajstić information content (AvgIpc) is 2.49. The Balaban J connectivity index is 2.20. The quantitative estimate of drug-likeness (QED) is 0.656. The molecule has 0 amide bonds. The Morgan fingerprint density at radius 1 is 1.23 bits per heavy atom. The summed E-state index contributed by atoms with van der Waals surface area (Å²) in [6.07, 6.45) is 1.56. The van der Waals surface area contributed by atoms with Gasteiger partial charge in [-0.3, -0.25) is 5.43 Å². The van der Waals surface area contributed by atoms with Gasteiger partial charge in [0, 0.05) is 31.6 Å². The van der Waals surface area contributed by atoms with Gasteiger partial charge in [-0.25, -0.2) is 9.97 Å². The number of rotatable bonds is 5. The predicted octanol–water partition coefficient (Wildman–Crippen LogP) is 2.82. The van der Waals surface area contributed by atoms with Crippen LogP contribution in [0.5, 0.6) is 5.75 Å². The van der Waals surface area contributed by atoms with E-state index >= 15 is 0 Å². The van der Waals surface area contributed by atoms with Crippen LogP contribution in [0.25, 0.3) is 0 Å². The van der Waals surface area contributed by atoms with E-state index in [1.807, 2.05) is 45.0 Å². The molecule has 0 aliphatic heterocycles. The zero-order valence-corrected chi connectivity index (χ0v) is 13.3. The Hall–Kier alpha value is -2.63. The van der Waals surface area contributed by atoms with Crippen LogP contribution < -0.4 is 10.3 Å². The van der Waals surface area contributed by atoms with Crippen LogP contribution in [0, 0.1) is 0 Å². The van der Waals surface area contributed by atoms with E-state index in [2.05, 4.69) is 20.5 Å². The first-order valence-electron chi connectivity index (χ1n) is 7.10. The molecule has 6 heteroatoms. The van der Waals surface area contributed by atoms with Crippen LogP contribution >= 0.6 is 0 Å². The minimum absolute atomic E-state index is 0.188. The Morgan fingerprint density at radius 3 is 2.59 bits per heavy atom. The van der Waals surface area contributed by atoms with Gasteiger partial charge in [-0.05, 0) is 12.1 Å². The standard InChI is InChI=1S/C16H21N5O/c1-11(2)16-18-14(9-15(19-16)21(3)4)20-17-10-12-7-5-6-8-13(12)22/h5-11,22H,1-4H3,(H,18,19,20)/b17-10+. The molecule has 22 heavy (non-hydrogen) atoms. The number of hydrogen-bond acceptors (Lipinski definition) is 6. The lowest BCUT2D eigenvalue weighted by atomic mass is 10.2. The van der Waals surface area contributed by atoms with Crippen molar-refractivity contribution >= 4 is 17.9 Å². The number of phenolic OH excluding ortho intramolecular Hbond substituents is 1. The zero-order valence-electron chi connectivity index (χ0n) is 13.3. The second-order valence-electron chi connectivity index (χ2n) is 5.45. The lowest BCUT2D eigenvalue weighted by Crippen LogP contribution is -2.13. The first-order valence-corrected chi connectivity index (χ1v) is 7.10. The molecule has 1 aromatic heterocycles. The number of hydrogen-bond donors (Lipinski definition) is 2. The Morgan fingerprint density at radius 2 is 1.95 bits per heavy atom. The first kappa shape index (κ1) is 15.8. The number of para-hydroxylation sites is 1. The molecule has 0 saturated heterocycles. The number of nitrogens with one attached hydrogen (secondary N) is 1. The molecule has 0 spiro atoms. The molecule has 2 aromatic rings. The van der Waals surface area contributed by atoms with Crippen molar-refractivity contribution in [2.24, 2.45) is 5.10 Å². The van der Waals surface area contributed by atoms with Crippen molar-refractivity contribution in [3.05, 3.63) is 41.7 Å². The first-order chi connectivity index (χ1) is 10.5. The molecule has 0 atom stereocenters. The summed E-state index contributed by atoms with van der Waals surface area (Å²) in [5.41, 5.74) is 3.53. The zero-order chi connectivity index (χ0) is 16.1. The number of aromatic nitrogens is 2. The van der Waals surface area contributed by atoms with Crippen molar-refractivity contribution in [2.75, 3.05) is 24.4 Å². The van der Waals surface area contributed by atoms with Crippen LogP contribution in [0.4, 0.5) is 11.6 Å². The predicted molar refractivity (Wildman–Crippen MR) is 89.8 cm³/mol. The van der Waals surface area contributed by atoms with Gasteiger partial charge < -0.3 is 10.0 Å². The van der Waals surface area contributed by atoms with Gasteiger partial charge in [0.25, 0.3) is 0 Å². The summed E-state index contributed by atoms with van der Waals surface area (Å²) in [6, 6.07) is 8.84. The topological polar surface area (TPSA) is 73.6 Å². The maximum absolute atomic E-state index is 9.69. The number of anilines is 2. The number of benzene rings is 1. The number of hydrazone groups is 1. The molecule has 0 aliphatic carbocycles. The molecular formula is C16H21N5O. The monoisotopic (exact) mass is 299 g/mol. The van der Waals surface area contributed by atoms with E-state index in [4.69, 9.17) is 0 Å². The molecule has 1 aromatic carbocycles. The van der Waals surface area contributed by atoms with E-state index in [0.29, 0.717) is 11.4 Å². The highest BCUT2D eigenvalue weighted by Gasteiger charge is 2.09. The number of nitrogens with zero attached hydrogens (tertiary/aromatic N) is 4. The van der Waals surface area contributed by atoms with Gasteiger partial charge >= 0.3 is 0 Å². The highest BCUT2D eigenvalue weighted by molar-refractivity contribution is 5.83. The molecule has 0 radical (unpaired) electrons. The minimum atomic E-state index is 0.188. The Kier molecular flexibility index (Phi) is 4.93. The van der Waals surface area contributed by atoms with Crippen LogP contribution in [0.2, 0.25) is 0 Å². The summed E-state index contributed by atoms with van der Waals surface area (Å²) in [5, 5.41) is 13.8. The van der Waals surface area contributed by atoms with E-state index in [1.165, 1.54) is 0 Å². The molecule has 0 bridgehead atoms. The molecule has 116 valence electrons. The largest absolute Gasteiger partial charge is 0.507 e. The second kappa shape index (κ2) is 6.89. The number of phenols is 1. The smallest absolute Gasteiger partial charge is 0.152 e. The Bertz CT molecular complexity index is 641. The van der Waals surface area contributed by atoms with E-state index in [9.17, 15) is 5.11 Å². The molecule has 1 heterocycles. The highest BCUT2D eigenvalue weighted by Crippen LogP contribution is 2.19. The van der Waals surface area contributed by atoms with Gasteiger partial charge in [-0.15, -0.1) is 0 Å². The van der Waals surface area contributed by atoms with Crippen molar-refractivity contribution in [1.82, 2.24) is 9.97 Å². The van der Waals surface area contributed by atoms with Crippen LogP contribution in [0.3, 0.4) is 0 Å². The second-order valence-corrected chi connectivity index (χ2v) is 5.45. The van der Waals surface area contributed by atoms with Crippen molar-refractivity contribution in [3.63, 3.8) is 0 Å². The third-order valence-corrected chi connectivity index (χ3v) is 3.02. The van der Waals surface area contributed by atoms with Gasteiger partial charge in [0.2, 0.25) is 0 Å². The summed E-state index contributed by atoms with van der Waals surface area (Å²) in [6.45, 7) is 4.09. The van der Waals surface area contributed by atoms with E-state index in [-0.39, 0.29) is 11.7 Å². The third kappa shape index (κ3) is 3.94. The van der Waals surface area contributed by atoms with Gasteiger partial charge in [0.05, 0.1) is 6.21 Å². The van der Waals surface area contributed by atoms with Crippen LogP contribution in [-0.2, 0) is 0 Å². The maximum atomic E-state index is 9.69. The summed E-state index contributed by atoms with van der Waals surface area (Å²) in [7, 11) is 3.86. The minimum Gasteiger partial charge on any atom is -0.507 e. The molecule has 0 unspecified atom stereocenters. The Labute approximate surface area is 130 Å². The fraction of sp³-hybridized carbons (Fsp3) is 0.312. The average molecular weight is 299 g/mol. The van der Waals surface area contributed by atoms with E-state index in [0.717, 1.165) is 11.6 Å². The van der Waals surface area contributed by atoms with Gasteiger partial charge in [0.15, 0.2) is 5.82 Å². The summed E-state index contributed by atoms with van der Waals surface area (Å²) in [4.78, 5) is 10.9. The van der Waals surface area contributed by atoms with E-state index < -0.39 is 0 Å². The van der Waals surface area contributed by atoms with Crippen LogP contribution in [-0.4, -0.2) is 35.4 Å². The highest BCUT2D eigenvalue weighted by atomic mass is 16.3. The van der Waals surface area contributed by atoms with Crippen molar-refractivity contribution in [1.29, 1.82) is 0 Å². The van der Waals surface area contributed by atoms with Crippen LogP contribution in [0.1, 0.15) is 31.2 Å². The van der Waals surface area contributed by atoms with E-state index in [1.54, 1.807) is 24.4 Å². The maximum Gasteiger partial charge on any atom is 0.152 e. The summed E-state index contributed by atoms with van der Waals surface area (Å²) >= 11 is 0. The molecule has 2 N–H and O–H groups in total. The van der Waals surface area contributed by atoms with Crippen LogP contribution in [0.15, 0.2) is 35.4 Å². The summed E-state index contributed by atoms with van der Waals surface area (Å²) < 4.78 is 0. The number of aromatic hydroxyl groups is 1. The van der Waals surface area contributed by atoms with Crippen molar-refractivity contribution < 1.29 is 5.11 Å². The molecule has 0 fully saturated rings.